The first-order chi connectivity index (χ1) is 9.13. The maximum atomic E-state index is 12.6. The Bertz CT molecular complexity index is 457. The first-order valence-electron chi connectivity index (χ1n) is 6.99. The van der Waals surface area contributed by atoms with E-state index in [9.17, 15) is 4.79 Å². The van der Waals surface area contributed by atoms with Crippen LogP contribution in [0.2, 0.25) is 0 Å². The molecule has 1 saturated heterocycles. The zero-order chi connectivity index (χ0) is 13.8. The summed E-state index contributed by atoms with van der Waals surface area (Å²) in [5, 5.41) is 9.13. The fraction of sp³-hybridized carbons (Fsp3) is 0.600. The van der Waals surface area contributed by atoms with Crippen molar-refractivity contribution in [3.8, 4) is 0 Å². The number of aromatic nitrogens is 1. The summed E-state index contributed by atoms with van der Waals surface area (Å²) in [6, 6.07) is 3.92. The van der Waals surface area contributed by atoms with Gasteiger partial charge >= 0.3 is 0 Å². The summed E-state index contributed by atoms with van der Waals surface area (Å²) in [7, 11) is 0. The van der Waals surface area contributed by atoms with Crippen molar-refractivity contribution in [2.45, 2.75) is 45.6 Å². The van der Waals surface area contributed by atoms with Crippen LogP contribution in [-0.2, 0) is 0 Å². The lowest BCUT2D eigenvalue weighted by molar-refractivity contribution is 0.0573. The van der Waals surface area contributed by atoms with Crippen molar-refractivity contribution in [3.63, 3.8) is 0 Å². The second kappa shape index (κ2) is 6.15. The number of aliphatic hydroxyl groups is 1. The van der Waals surface area contributed by atoms with Crippen LogP contribution in [0, 0.1) is 13.8 Å². The maximum absolute atomic E-state index is 12.6. The van der Waals surface area contributed by atoms with Crippen molar-refractivity contribution < 1.29 is 9.90 Å². The maximum Gasteiger partial charge on any atom is 0.255 e. The van der Waals surface area contributed by atoms with E-state index in [2.05, 4.69) is 4.98 Å². The topological polar surface area (TPSA) is 53.4 Å². The molecule has 1 unspecified atom stereocenters. The fourth-order valence-corrected chi connectivity index (χ4v) is 2.78. The number of aryl methyl sites for hydroxylation is 2. The minimum absolute atomic E-state index is 0.0585. The number of hydrogen-bond donors (Lipinski definition) is 1. The monoisotopic (exact) mass is 262 g/mol. The molecule has 0 aromatic carbocycles. The predicted molar refractivity (Wildman–Crippen MR) is 74.1 cm³/mol. The van der Waals surface area contributed by atoms with Crippen LogP contribution >= 0.6 is 0 Å². The van der Waals surface area contributed by atoms with Crippen LogP contribution in [0.25, 0.3) is 0 Å². The van der Waals surface area contributed by atoms with Crippen LogP contribution in [-0.4, -0.2) is 40.1 Å². The lowest BCUT2D eigenvalue weighted by Crippen LogP contribution is -2.44. The van der Waals surface area contributed by atoms with E-state index in [1.807, 2.05) is 30.9 Å². The van der Waals surface area contributed by atoms with E-state index < -0.39 is 0 Å². The van der Waals surface area contributed by atoms with Gasteiger partial charge in [-0.15, -0.1) is 0 Å². The van der Waals surface area contributed by atoms with Gasteiger partial charge in [0.2, 0.25) is 0 Å². The second-order valence-electron chi connectivity index (χ2n) is 5.25. The number of amides is 1. The van der Waals surface area contributed by atoms with Gasteiger partial charge in [-0.1, -0.05) is 0 Å². The highest BCUT2D eigenvalue weighted by Gasteiger charge is 2.27. The van der Waals surface area contributed by atoms with Crippen LogP contribution in [0.4, 0.5) is 0 Å². The van der Waals surface area contributed by atoms with Crippen molar-refractivity contribution in [2.24, 2.45) is 0 Å². The lowest BCUT2D eigenvalue weighted by Gasteiger charge is -2.35. The summed E-state index contributed by atoms with van der Waals surface area (Å²) in [5.74, 6) is 0.0585. The highest BCUT2D eigenvalue weighted by molar-refractivity contribution is 5.95. The van der Waals surface area contributed by atoms with E-state index in [4.69, 9.17) is 5.11 Å². The Hall–Kier alpha value is -1.42. The number of pyridine rings is 1. The molecule has 2 rings (SSSR count). The Morgan fingerprint density at radius 3 is 2.89 bits per heavy atom. The normalized spacial score (nSPS) is 19.5. The van der Waals surface area contributed by atoms with E-state index >= 15 is 0 Å². The highest BCUT2D eigenvalue weighted by atomic mass is 16.3. The third-order valence-electron chi connectivity index (χ3n) is 3.81. The summed E-state index contributed by atoms with van der Waals surface area (Å²) in [4.78, 5) is 18.9. The molecule has 4 heteroatoms. The van der Waals surface area contributed by atoms with E-state index in [1.165, 1.54) is 0 Å². The standard InChI is InChI=1S/C15H22N2O2/c1-11-6-7-14(12(2)16-11)15(19)17-9-4-3-5-13(17)8-10-18/h6-7,13,18H,3-5,8-10H2,1-2H3. The Kier molecular flexibility index (Phi) is 4.53. The molecule has 0 saturated carbocycles. The van der Waals surface area contributed by atoms with Crippen molar-refractivity contribution >= 4 is 5.91 Å². The van der Waals surface area contributed by atoms with Crippen molar-refractivity contribution in [2.75, 3.05) is 13.2 Å². The first-order valence-corrected chi connectivity index (χ1v) is 6.99. The first kappa shape index (κ1) is 14.0. The Labute approximate surface area is 114 Å². The molecule has 1 atom stereocenters. The van der Waals surface area contributed by atoms with E-state index in [0.717, 1.165) is 37.2 Å². The Morgan fingerprint density at radius 2 is 2.21 bits per heavy atom. The third-order valence-corrected chi connectivity index (χ3v) is 3.81. The number of aliphatic hydroxyl groups excluding tert-OH is 1. The minimum Gasteiger partial charge on any atom is -0.396 e. The quantitative estimate of drug-likeness (QED) is 0.907. The summed E-state index contributed by atoms with van der Waals surface area (Å²) in [6.45, 7) is 4.73. The number of rotatable bonds is 3. The van der Waals surface area contributed by atoms with Crippen LogP contribution in [0.15, 0.2) is 12.1 Å². The van der Waals surface area contributed by atoms with Gasteiger partial charge in [0.05, 0.1) is 11.3 Å². The molecule has 2 heterocycles. The Morgan fingerprint density at radius 1 is 1.42 bits per heavy atom. The van der Waals surface area contributed by atoms with Gasteiger partial charge in [-0.2, -0.15) is 0 Å². The molecule has 1 fully saturated rings. The van der Waals surface area contributed by atoms with E-state index in [1.54, 1.807) is 0 Å². The molecule has 1 aliphatic heterocycles. The van der Waals surface area contributed by atoms with Crippen molar-refractivity contribution in [3.05, 3.63) is 29.1 Å². The number of piperidine rings is 1. The van der Waals surface area contributed by atoms with Crippen molar-refractivity contribution in [1.29, 1.82) is 0 Å². The molecule has 4 nitrogen and oxygen atoms in total. The molecule has 0 spiro atoms. The molecule has 1 aromatic heterocycles. The van der Waals surface area contributed by atoms with Crippen LogP contribution < -0.4 is 0 Å². The van der Waals surface area contributed by atoms with Gasteiger partial charge in [0.15, 0.2) is 0 Å². The van der Waals surface area contributed by atoms with Gasteiger partial charge in [0.25, 0.3) is 5.91 Å². The van der Waals surface area contributed by atoms with Gasteiger partial charge < -0.3 is 10.0 Å². The molecule has 1 aliphatic rings. The molecule has 1 N–H and O–H groups in total. The summed E-state index contributed by atoms with van der Waals surface area (Å²) >= 11 is 0. The fourth-order valence-electron chi connectivity index (χ4n) is 2.78. The van der Waals surface area contributed by atoms with E-state index in [0.29, 0.717) is 12.0 Å². The molecule has 19 heavy (non-hydrogen) atoms. The van der Waals surface area contributed by atoms with Gasteiger partial charge in [-0.25, -0.2) is 0 Å². The van der Waals surface area contributed by atoms with Crippen LogP contribution in [0.5, 0.6) is 0 Å². The average Bonchev–Trinajstić information content (AvgIpc) is 2.39. The Balaban J connectivity index is 2.21. The smallest absolute Gasteiger partial charge is 0.255 e. The average molecular weight is 262 g/mol. The van der Waals surface area contributed by atoms with Gasteiger partial charge in [0, 0.05) is 24.9 Å². The predicted octanol–water partition coefficient (Wildman–Crippen LogP) is 2.08. The molecule has 0 radical (unpaired) electrons. The molecule has 1 aromatic rings. The molecule has 0 aliphatic carbocycles. The van der Waals surface area contributed by atoms with Crippen molar-refractivity contribution in [1.82, 2.24) is 9.88 Å². The molecular formula is C15H22N2O2. The third kappa shape index (κ3) is 3.13. The number of nitrogens with zero attached hydrogens (tertiary/aromatic N) is 2. The molecular weight excluding hydrogens is 240 g/mol. The zero-order valence-corrected chi connectivity index (χ0v) is 11.7. The summed E-state index contributed by atoms with van der Waals surface area (Å²) in [5.41, 5.74) is 2.41. The minimum atomic E-state index is 0.0585. The summed E-state index contributed by atoms with van der Waals surface area (Å²) < 4.78 is 0. The summed E-state index contributed by atoms with van der Waals surface area (Å²) in [6.07, 6.45) is 3.85. The SMILES string of the molecule is Cc1ccc(C(=O)N2CCCCC2CCO)c(C)n1. The van der Waals surface area contributed by atoms with Gasteiger partial charge in [-0.05, 0) is 51.7 Å². The zero-order valence-electron chi connectivity index (χ0n) is 11.7. The second-order valence-corrected chi connectivity index (χ2v) is 5.25. The van der Waals surface area contributed by atoms with Crippen LogP contribution in [0.1, 0.15) is 47.4 Å². The van der Waals surface area contributed by atoms with Gasteiger partial charge in [-0.3, -0.25) is 9.78 Å². The molecule has 1 amide bonds. The number of carbonyl (C=O) groups is 1. The van der Waals surface area contributed by atoms with Gasteiger partial charge in [0.1, 0.15) is 0 Å². The number of hydrogen-bond acceptors (Lipinski definition) is 3. The molecule has 0 bridgehead atoms. The largest absolute Gasteiger partial charge is 0.396 e. The highest BCUT2D eigenvalue weighted by Crippen LogP contribution is 2.22. The number of carbonyl (C=O) groups excluding carboxylic acids is 1. The van der Waals surface area contributed by atoms with E-state index in [-0.39, 0.29) is 18.6 Å². The van der Waals surface area contributed by atoms with Crippen LogP contribution in [0.3, 0.4) is 0 Å². The molecule has 104 valence electrons. The lowest BCUT2D eigenvalue weighted by atomic mass is 9.98. The number of likely N-dealkylation sites (tertiary alicyclic amines) is 1.